The summed E-state index contributed by atoms with van der Waals surface area (Å²) in [5.41, 5.74) is 1.15. The van der Waals surface area contributed by atoms with E-state index in [9.17, 15) is 9.59 Å². The average molecular weight is 361 g/mol. The quantitative estimate of drug-likeness (QED) is 0.686. The zero-order valence-electron chi connectivity index (χ0n) is 16.1. The van der Waals surface area contributed by atoms with Gasteiger partial charge < -0.3 is 19.9 Å². The molecule has 0 bridgehead atoms. The Bertz CT molecular complexity index is 576. The van der Waals surface area contributed by atoms with Crippen molar-refractivity contribution in [1.29, 1.82) is 0 Å². The van der Waals surface area contributed by atoms with Crippen molar-refractivity contribution in [3.8, 4) is 5.75 Å². The second kappa shape index (κ2) is 10.0. The highest BCUT2D eigenvalue weighted by Crippen LogP contribution is 2.24. The third-order valence-electron chi connectivity index (χ3n) is 5.05. The number of benzene rings is 1. The highest BCUT2D eigenvalue weighted by atomic mass is 16.5. The van der Waals surface area contributed by atoms with Crippen LogP contribution in [0.1, 0.15) is 33.1 Å². The van der Waals surface area contributed by atoms with E-state index < -0.39 is 0 Å². The van der Waals surface area contributed by atoms with E-state index >= 15 is 0 Å². The van der Waals surface area contributed by atoms with Crippen molar-refractivity contribution in [2.75, 3.05) is 38.2 Å². The van der Waals surface area contributed by atoms with Crippen LogP contribution in [0.4, 0.5) is 5.69 Å². The molecule has 6 nitrogen and oxygen atoms in total. The Kier molecular flexibility index (Phi) is 7.75. The molecule has 6 heteroatoms. The van der Waals surface area contributed by atoms with Gasteiger partial charge >= 0.3 is 0 Å². The van der Waals surface area contributed by atoms with Crippen molar-refractivity contribution in [2.45, 2.75) is 39.2 Å². The van der Waals surface area contributed by atoms with Gasteiger partial charge in [0.15, 0.2) is 0 Å². The summed E-state index contributed by atoms with van der Waals surface area (Å²) in [6.45, 7) is 6.91. The summed E-state index contributed by atoms with van der Waals surface area (Å²) < 4.78 is 5.22. The molecule has 2 atom stereocenters. The first-order valence-electron chi connectivity index (χ1n) is 9.47. The number of piperazine rings is 1. The number of ether oxygens (including phenoxy) is 1. The second-order valence-electron chi connectivity index (χ2n) is 6.89. The lowest BCUT2D eigenvalue weighted by Crippen LogP contribution is -2.55. The fourth-order valence-electron chi connectivity index (χ4n) is 3.53. The summed E-state index contributed by atoms with van der Waals surface area (Å²) in [6.07, 6.45) is 3.55. The summed E-state index contributed by atoms with van der Waals surface area (Å²) in [5.74, 6) is 0.880. The van der Waals surface area contributed by atoms with Crippen LogP contribution in [0.3, 0.4) is 0 Å². The number of unbranched alkanes of at least 4 members (excludes halogenated alkanes) is 1. The summed E-state index contributed by atoms with van der Waals surface area (Å²) in [7, 11) is 1.66. The number of amides is 2. The van der Waals surface area contributed by atoms with Gasteiger partial charge in [0.1, 0.15) is 5.75 Å². The van der Waals surface area contributed by atoms with E-state index in [-0.39, 0.29) is 17.9 Å². The van der Waals surface area contributed by atoms with E-state index in [1.807, 2.05) is 17.0 Å². The van der Waals surface area contributed by atoms with E-state index in [4.69, 9.17) is 4.74 Å². The summed E-state index contributed by atoms with van der Waals surface area (Å²) in [6, 6.07) is 8.29. The topological polar surface area (TPSA) is 61.9 Å². The molecule has 2 unspecified atom stereocenters. The molecule has 144 valence electrons. The highest BCUT2D eigenvalue weighted by molar-refractivity contribution is 5.79. The molecular formula is C20H31N3O3. The molecule has 1 fully saturated rings. The molecule has 0 radical (unpaired) electrons. The molecule has 1 aliphatic rings. The van der Waals surface area contributed by atoms with Crippen LogP contribution in [0, 0.1) is 5.92 Å². The molecule has 1 saturated heterocycles. The van der Waals surface area contributed by atoms with Gasteiger partial charge in [-0.3, -0.25) is 9.59 Å². The van der Waals surface area contributed by atoms with Crippen LogP contribution in [0.5, 0.6) is 5.75 Å². The number of hydrogen-bond donors (Lipinski definition) is 1. The number of anilines is 1. The van der Waals surface area contributed by atoms with Crippen molar-refractivity contribution in [3.63, 3.8) is 0 Å². The molecule has 2 rings (SSSR count). The van der Waals surface area contributed by atoms with E-state index in [2.05, 4.69) is 36.2 Å². The minimum atomic E-state index is -0.125. The summed E-state index contributed by atoms with van der Waals surface area (Å²) in [5, 5.41) is 2.68. The Morgan fingerprint density at radius 3 is 2.65 bits per heavy atom. The van der Waals surface area contributed by atoms with Crippen molar-refractivity contribution in [1.82, 2.24) is 10.2 Å². The number of nitrogens with one attached hydrogen (secondary N) is 1. The smallest absolute Gasteiger partial charge is 0.227 e. The predicted octanol–water partition coefficient (Wildman–Crippen LogP) is 2.28. The van der Waals surface area contributed by atoms with Crippen LogP contribution in [0.2, 0.25) is 0 Å². The Morgan fingerprint density at radius 2 is 2.08 bits per heavy atom. The van der Waals surface area contributed by atoms with Gasteiger partial charge in [0.05, 0.1) is 13.0 Å². The fourth-order valence-corrected chi connectivity index (χ4v) is 3.53. The third-order valence-corrected chi connectivity index (χ3v) is 5.05. The maximum atomic E-state index is 12.9. The molecule has 1 aromatic rings. The average Bonchev–Trinajstić information content (AvgIpc) is 2.67. The normalized spacial score (nSPS) is 18.3. The van der Waals surface area contributed by atoms with E-state index in [0.717, 1.165) is 37.2 Å². The van der Waals surface area contributed by atoms with Crippen LogP contribution in [0.15, 0.2) is 24.3 Å². The largest absolute Gasteiger partial charge is 0.497 e. The number of methoxy groups -OCH3 is 1. The summed E-state index contributed by atoms with van der Waals surface area (Å²) in [4.78, 5) is 27.8. The van der Waals surface area contributed by atoms with Gasteiger partial charge in [-0.25, -0.2) is 0 Å². The molecule has 1 aromatic carbocycles. The number of carbonyl (C=O) groups excluding carboxylic acids is 2. The molecule has 0 aliphatic carbocycles. The van der Waals surface area contributed by atoms with Crippen molar-refractivity contribution < 1.29 is 14.3 Å². The molecule has 1 N–H and O–H groups in total. The molecule has 1 aliphatic heterocycles. The van der Waals surface area contributed by atoms with Crippen LogP contribution in [-0.4, -0.2) is 56.5 Å². The van der Waals surface area contributed by atoms with Gasteiger partial charge in [-0.15, -0.1) is 0 Å². The minimum Gasteiger partial charge on any atom is -0.497 e. The molecule has 0 saturated carbocycles. The third kappa shape index (κ3) is 5.13. The van der Waals surface area contributed by atoms with Crippen molar-refractivity contribution >= 4 is 18.0 Å². The van der Waals surface area contributed by atoms with Crippen LogP contribution in [-0.2, 0) is 9.59 Å². The monoisotopic (exact) mass is 361 g/mol. The van der Waals surface area contributed by atoms with Gasteiger partial charge in [0.25, 0.3) is 0 Å². The second-order valence-corrected chi connectivity index (χ2v) is 6.89. The number of rotatable bonds is 9. The minimum absolute atomic E-state index is 0.125. The molecule has 2 amide bonds. The molecular weight excluding hydrogens is 330 g/mol. The molecule has 26 heavy (non-hydrogen) atoms. The Labute approximate surface area is 156 Å². The predicted molar refractivity (Wildman–Crippen MR) is 103 cm³/mol. The molecule has 1 heterocycles. The maximum Gasteiger partial charge on any atom is 0.227 e. The molecule has 0 aromatic heterocycles. The zero-order chi connectivity index (χ0) is 18.9. The lowest BCUT2D eigenvalue weighted by Gasteiger charge is -2.42. The van der Waals surface area contributed by atoms with Gasteiger partial charge in [0, 0.05) is 37.9 Å². The SMILES string of the molecule is CCCCC(CNC=O)C(=O)N1CCN(c2ccc(OC)cc2)C(C)C1. The van der Waals surface area contributed by atoms with Gasteiger partial charge in [0.2, 0.25) is 12.3 Å². The zero-order valence-corrected chi connectivity index (χ0v) is 16.1. The number of hydrogen-bond acceptors (Lipinski definition) is 4. The standard InChI is InChI=1S/C20H31N3O3/c1-4-5-6-17(13-21-15-24)20(25)22-11-12-23(16(2)14-22)18-7-9-19(26-3)10-8-18/h7-10,15-17H,4-6,11-14H2,1-3H3,(H,21,24). The van der Waals surface area contributed by atoms with Crippen LogP contribution in [0.25, 0.3) is 0 Å². The lowest BCUT2D eigenvalue weighted by atomic mass is 9.99. The Balaban J connectivity index is 1.98. The fraction of sp³-hybridized carbons (Fsp3) is 0.600. The summed E-state index contributed by atoms with van der Waals surface area (Å²) >= 11 is 0. The first-order chi connectivity index (χ1) is 12.6. The van der Waals surface area contributed by atoms with Crippen LogP contribution >= 0.6 is 0 Å². The van der Waals surface area contributed by atoms with Crippen molar-refractivity contribution in [2.24, 2.45) is 5.92 Å². The Hall–Kier alpha value is -2.24. The van der Waals surface area contributed by atoms with Gasteiger partial charge in [-0.2, -0.15) is 0 Å². The van der Waals surface area contributed by atoms with Crippen molar-refractivity contribution in [3.05, 3.63) is 24.3 Å². The maximum absolute atomic E-state index is 12.9. The van der Waals surface area contributed by atoms with E-state index in [0.29, 0.717) is 26.0 Å². The first kappa shape index (κ1) is 20.1. The number of nitrogens with zero attached hydrogens (tertiary/aromatic N) is 2. The van der Waals surface area contributed by atoms with Gasteiger partial charge in [-0.1, -0.05) is 19.8 Å². The van der Waals surface area contributed by atoms with E-state index in [1.165, 1.54) is 0 Å². The lowest BCUT2D eigenvalue weighted by molar-refractivity contribution is -0.136. The van der Waals surface area contributed by atoms with Crippen LogP contribution < -0.4 is 15.0 Å². The highest BCUT2D eigenvalue weighted by Gasteiger charge is 2.30. The first-order valence-corrected chi connectivity index (χ1v) is 9.47. The van der Waals surface area contributed by atoms with Gasteiger partial charge in [-0.05, 0) is 37.6 Å². The Morgan fingerprint density at radius 1 is 1.35 bits per heavy atom. The van der Waals surface area contributed by atoms with E-state index in [1.54, 1.807) is 7.11 Å². The number of carbonyl (C=O) groups is 2. The molecule has 0 spiro atoms.